The number of carbonyl (C=O) groups is 1. The molecular formula is C13H16F2O. The predicted octanol–water partition coefficient (Wildman–Crippen LogP) is 3.36. The minimum atomic E-state index is -2.87. The van der Waals surface area contributed by atoms with E-state index in [1.54, 1.807) is 12.1 Å². The molecule has 0 aliphatic heterocycles. The summed E-state index contributed by atoms with van der Waals surface area (Å²) < 4.78 is 24.1. The molecule has 0 N–H and O–H groups in total. The molecule has 0 aliphatic rings. The van der Waals surface area contributed by atoms with Crippen LogP contribution in [0.2, 0.25) is 0 Å². The summed E-state index contributed by atoms with van der Waals surface area (Å²) in [6.07, 6.45) is -3.07. The third-order valence-electron chi connectivity index (χ3n) is 2.44. The monoisotopic (exact) mass is 226 g/mol. The molecule has 0 radical (unpaired) electrons. The standard InChI is InChI=1S/C13H16F2O/c1-13(2,3)10-6-4-9(5-7-10)8-11(16)12(14)15/h4-7,12H,8H2,1-3H3. The maximum Gasteiger partial charge on any atom is 0.296 e. The number of benzene rings is 1. The molecule has 0 aromatic heterocycles. The number of halogens is 2. The number of carbonyl (C=O) groups excluding carboxylic acids is 1. The van der Waals surface area contributed by atoms with Gasteiger partial charge in [0.05, 0.1) is 0 Å². The predicted molar refractivity (Wildman–Crippen MR) is 59.9 cm³/mol. The summed E-state index contributed by atoms with van der Waals surface area (Å²) in [6, 6.07) is 7.24. The Kier molecular flexibility index (Phi) is 3.79. The topological polar surface area (TPSA) is 17.1 Å². The molecule has 88 valence electrons. The van der Waals surface area contributed by atoms with E-state index in [-0.39, 0.29) is 11.8 Å². The number of alkyl halides is 2. The first kappa shape index (κ1) is 12.8. The molecule has 0 heterocycles. The average Bonchev–Trinajstić information content (AvgIpc) is 2.17. The van der Waals surface area contributed by atoms with Gasteiger partial charge in [-0.05, 0) is 16.5 Å². The molecule has 0 bridgehead atoms. The minimum Gasteiger partial charge on any atom is -0.293 e. The highest BCUT2D eigenvalue weighted by Crippen LogP contribution is 2.22. The molecule has 0 atom stereocenters. The molecule has 0 saturated carbocycles. The molecule has 1 nitrogen and oxygen atoms in total. The Morgan fingerprint density at radius 2 is 1.69 bits per heavy atom. The third kappa shape index (κ3) is 3.40. The molecule has 1 aromatic carbocycles. The quantitative estimate of drug-likeness (QED) is 0.772. The van der Waals surface area contributed by atoms with Crippen LogP contribution >= 0.6 is 0 Å². The van der Waals surface area contributed by atoms with Gasteiger partial charge in [0.15, 0.2) is 0 Å². The van der Waals surface area contributed by atoms with Gasteiger partial charge in [-0.1, -0.05) is 45.0 Å². The zero-order valence-electron chi connectivity index (χ0n) is 9.76. The molecule has 0 fully saturated rings. The maximum absolute atomic E-state index is 12.0. The van der Waals surface area contributed by atoms with Crippen molar-refractivity contribution in [2.45, 2.75) is 39.0 Å². The molecule has 16 heavy (non-hydrogen) atoms. The van der Waals surface area contributed by atoms with Crippen molar-refractivity contribution in [3.63, 3.8) is 0 Å². The lowest BCUT2D eigenvalue weighted by Crippen LogP contribution is -2.14. The molecular weight excluding hydrogens is 210 g/mol. The molecule has 0 saturated heterocycles. The fraction of sp³-hybridized carbons (Fsp3) is 0.462. The number of ketones is 1. The van der Waals surface area contributed by atoms with E-state index in [2.05, 4.69) is 20.8 Å². The van der Waals surface area contributed by atoms with E-state index in [9.17, 15) is 13.6 Å². The van der Waals surface area contributed by atoms with Crippen LogP contribution < -0.4 is 0 Å². The fourth-order valence-corrected chi connectivity index (χ4v) is 1.40. The van der Waals surface area contributed by atoms with E-state index in [1.165, 1.54) is 0 Å². The first-order valence-electron chi connectivity index (χ1n) is 5.21. The van der Waals surface area contributed by atoms with Crippen molar-refractivity contribution in [3.8, 4) is 0 Å². The van der Waals surface area contributed by atoms with Crippen molar-refractivity contribution < 1.29 is 13.6 Å². The zero-order valence-corrected chi connectivity index (χ0v) is 9.76. The van der Waals surface area contributed by atoms with E-state index in [0.717, 1.165) is 5.56 Å². The largest absolute Gasteiger partial charge is 0.296 e. The van der Waals surface area contributed by atoms with Crippen LogP contribution in [0.5, 0.6) is 0 Å². The summed E-state index contributed by atoms with van der Waals surface area (Å²) in [7, 11) is 0. The van der Waals surface area contributed by atoms with Crippen molar-refractivity contribution in [3.05, 3.63) is 35.4 Å². The maximum atomic E-state index is 12.0. The lowest BCUT2D eigenvalue weighted by molar-refractivity contribution is -0.128. The number of hydrogen-bond donors (Lipinski definition) is 0. The third-order valence-corrected chi connectivity index (χ3v) is 2.44. The summed E-state index contributed by atoms with van der Waals surface area (Å²) in [5.41, 5.74) is 1.80. The van der Waals surface area contributed by atoms with Gasteiger partial charge >= 0.3 is 0 Å². The normalized spacial score (nSPS) is 11.9. The van der Waals surface area contributed by atoms with Gasteiger partial charge in [0.1, 0.15) is 0 Å². The van der Waals surface area contributed by atoms with Gasteiger partial charge in [-0.2, -0.15) is 0 Å². The van der Waals surface area contributed by atoms with Crippen LogP contribution in [-0.2, 0) is 16.6 Å². The lowest BCUT2D eigenvalue weighted by atomic mass is 9.86. The van der Waals surface area contributed by atoms with Crippen molar-refractivity contribution in [1.29, 1.82) is 0 Å². The summed E-state index contributed by atoms with van der Waals surface area (Å²) >= 11 is 0. The number of hydrogen-bond acceptors (Lipinski definition) is 1. The van der Waals surface area contributed by atoms with E-state index < -0.39 is 12.2 Å². The van der Waals surface area contributed by atoms with Crippen molar-refractivity contribution in [1.82, 2.24) is 0 Å². The van der Waals surface area contributed by atoms with Crippen LogP contribution in [-0.4, -0.2) is 12.2 Å². The highest BCUT2D eigenvalue weighted by Gasteiger charge is 2.17. The highest BCUT2D eigenvalue weighted by molar-refractivity contribution is 5.83. The lowest BCUT2D eigenvalue weighted by Gasteiger charge is -2.19. The van der Waals surface area contributed by atoms with Gasteiger partial charge in [-0.3, -0.25) is 4.79 Å². The Hall–Kier alpha value is -1.25. The van der Waals surface area contributed by atoms with E-state index in [4.69, 9.17) is 0 Å². The average molecular weight is 226 g/mol. The van der Waals surface area contributed by atoms with Gasteiger partial charge in [0.2, 0.25) is 5.78 Å². The van der Waals surface area contributed by atoms with Crippen LogP contribution in [0.15, 0.2) is 24.3 Å². The molecule has 3 heteroatoms. The summed E-state index contributed by atoms with van der Waals surface area (Å²) in [6.45, 7) is 6.23. The van der Waals surface area contributed by atoms with Gasteiger partial charge in [-0.25, -0.2) is 8.78 Å². The Balaban J connectivity index is 2.76. The Bertz CT molecular complexity index is 361. The smallest absolute Gasteiger partial charge is 0.293 e. The Morgan fingerprint density at radius 3 is 2.06 bits per heavy atom. The van der Waals surface area contributed by atoms with Crippen LogP contribution in [0.1, 0.15) is 31.9 Å². The van der Waals surface area contributed by atoms with Crippen molar-refractivity contribution >= 4 is 5.78 Å². The van der Waals surface area contributed by atoms with Gasteiger partial charge in [0.25, 0.3) is 6.43 Å². The summed E-state index contributed by atoms with van der Waals surface area (Å²) in [5, 5.41) is 0. The second kappa shape index (κ2) is 4.73. The second-order valence-electron chi connectivity index (χ2n) is 4.89. The first-order valence-corrected chi connectivity index (χ1v) is 5.21. The minimum absolute atomic E-state index is 0.0330. The van der Waals surface area contributed by atoms with Crippen LogP contribution in [0.4, 0.5) is 8.78 Å². The Labute approximate surface area is 94.5 Å². The molecule has 0 amide bonds. The van der Waals surface area contributed by atoms with Gasteiger partial charge in [0, 0.05) is 6.42 Å². The van der Waals surface area contributed by atoms with Gasteiger partial charge in [-0.15, -0.1) is 0 Å². The number of rotatable bonds is 3. The SMILES string of the molecule is CC(C)(C)c1ccc(CC(=O)C(F)F)cc1. The molecule has 1 rings (SSSR count). The zero-order chi connectivity index (χ0) is 12.3. The summed E-state index contributed by atoms with van der Waals surface area (Å²) in [5.74, 6) is -1.02. The number of Topliss-reactive ketones (excluding diaryl/α,β-unsaturated/α-hetero) is 1. The van der Waals surface area contributed by atoms with Crippen LogP contribution in [0.3, 0.4) is 0 Å². The van der Waals surface area contributed by atoms with Gasteiger partial charge < -0.3 is 0 Å². The summed E-state index contributed by atoms with van der Waals surface area (Å²) in [4.78, 5) is 10.8. The Morgan fingerprint density at radius 1 is 1.19 bits per heavy atom. The van der Waals surface area contributed by atoms with Crippen LogP contribution in [0.25, 0.3) is 0 Å². The van der Waals surface area contributed by atoms with E-state index in [1.807, 2.05) is 12.1 Å². The fourth-order valence-electron chi connectivity index (χ4n) is 1.40. The first-order chi connectivity index (χ1) is 7.30. The second-order valence-corrected chi connectivity index (χ2v) is 4.89. The molecule has 0 spiro atoms. The highest BCUT2D eigenvalue weighted by atomic mass is 19.3. The van der Waals surface area contributed by atoms with Crippen molar-refractivity contribution in [2.24, 2.45) is 0 Å². The van der Waals surface area contributed by atoms with Crippen LogP contribution in [0, 0.1) is 0 Å². The molecule has 0 unspecified atom stereocenters. The van der Waals surface area contributed by atoms with E-state index >= 15 is 0 Å². The molecule has 0 aliphatic carbocycles. The van der Waals surface area contributed by atoms with Crippen molar-refractivity contribution in [2.75, 3.05) is 0 Å². The molecule has 1 aromatic rings. The van der Waals surface area contributed by atoms with E-state index in [0.29, 0.717) is 5.56 Å².